The lowest BCUT2D eigenvalue weighted by Gasteiger charge is -2.33. The van der Waals surface area contributed by atoms with E-state index in [1.807, 2.05) is 13.0 Å². The van der Waals surface area contributed by atoms with Gasteiger partial charge in [0.1, 0.15) is 11.9 Å². The Morgan fingerprint density at radius 2 is 1.90 bits per heavy atom. The van der Waals surface area contributed by atoms with E-state index in [0.717, 1.165) is 65.3 Å². The summed E-state index contributed by atoms with van der Waals surface area (Å²) in [6.07, 6.45) is 11.2. The van der Waals surface area contributed by atoms with Crippen LogP contribution in [0.2, 0.25) is 0 Å². The van der Waals surface area contributed by atoms with Gasteiger partial charge in [-0.2, -0.15) is 0 Å². The van der Waals surface area contributed by atoms with Crippen LogP contribution < -0.4 is 15.5 Å². The zero-order valence-electron chi connectivity index (χ0n) is 24.0. The summed E-state index contributed by atoms with van der Waals surface area (Å²) in [5.74, 6) is 1.25. The number of fused-ring (bicyclic) bond motifs is 5. The Hall–Kier alpha value is -3.55. The summed E-state index contributed by atoms with van der Waals surface area (Å²) in [4.78, 5) is 33.9. The van der Waals surface area contributed by atoms with Crippen molar-refractivity contribution in [1.29, 1.82) is 0 Å². The molecule has 1 saturated heterocycles. The number of rotatable bonds is 7. The number of anilines is 3. The van der Waals surface area contributed by atoms with E-state index in [4.69, 9.17) is 9.72 Å². The molecule has 1 amide bonds. The van der Waals surface area contributed by atoms with Gasteiger partial charge in [0.05, 0.1) is 29.2 Å². The minimum Gasteiger partial charge on any atom is -0.466 e. The molecule has 2 aliphatic heterocycles. The average Bonchev–Trinajstić information content (AvgIpc) is 3.75. The van der Waals surface area contributed by atoms with Crippen LogP contribution in [0.4, 0.5) is 17.1 Å². The molecule has 7 rings (SSSR count). The number of benzene rings is 2. The zero-order valence-corrected chi connectivity index (χ0v) is 24.0. The summed E-state index contributed by atoms with van der Waals surface area (Å²) in [6.45, 7) is 3.83. The number of hydrogen-bond acceptors (Lipinski definition) is 6. The number of esters is 1. The third-order valence-corrected chi connectivity index (χ3v) is 9.44. The molecule has 2 unspecified atom stereocenters. The molecule has 3 heterocycles. The number of carbonyl (C=O) groups is 2. The fourth-order valence-corrected chi connectivity index (χ4v) is 7.13. The highest BCUT2D eigenvalue weighted by Gasteiger charge is 2.34. The molecule has 3 aromatic rings. The molecule has 0 radical (unpaired) electrons. The number of imidazole rings is 1. The van der Waals surface area contributed by atoms with Crippen LogP contribution in [-0.2, 0) is 14.3 Å². The Balaban J connectivity index is 1.29. The lowest BCUT2D eigenvalue weighted by Crippen LogP contribution is -2.39. The Morgan fingerprint density at radius 3 is 2.71 bits per heavy atom. The van der Waals surface area contributed by atoms with Gasteiger partial charge in [0.25, 0.3) is 0 Å². The lowest BCUT2D eigenvalue weighted by atomic mass is 9.84. The Kier molecular flexibility index (Phi) is 7.09. The van der Waals surface area contributed by atoms with Gasteiger partial charge in [0.15, 0.2) is 0 Å². The number of hydrogen-bond donors (Lipinski definition) is 2. The maximum atomic E-state index is 13.9. The van der Waals surface area contributed by atoms with Crippen molar-refractivity contribution in [3.63, 3.8) is 0 Å². The highest BCUT2D eigenvalue weighted by molar-refractivity contribution is 6.02. The summed E-state index contributed by atoms with van der Waals surface area (Å²) >= 11 is 0. The molecule has 1 aromatic heterocycles. The van der Waals surface area contributed by atoms with E-state index in [9.17, 15) is 9.59 Å². The van der Waals surface area contributed by atoms with Crippen LogP contribution in [0.15, 0.2) is 36.4 Å². The molecule has 0 bridgehead atoms. The molecule has 0 spiro atoms. The van der Waals surface area contributed by atoms with Gasteiger partial charge in [-0.25, -0.2) is 4.98 Å². The molecular formula is C33H41N5O3. The van der Waals surface area contributed by atoms with Crippen molar-refractivity contribution in [3.05, 3.63) is 36.4 Å². The SMILES string of the molecule is CCOC(=O)C1CCCN(c2ccc3c(c2)nc2n3C(CC3CCCCC3)C(=O)Nc3ccc(NC4CC4)cc3-2)C1. The standard InChI is InChI=1S/C33H41N5O3/c1-2-41-33(40)22-9-6-16-37(20-22)25-13-15-29-28(19-25)35-31-26-18-24(34-23-10-11-23)12-14-27(26)36-32(39)30(38(29)31)17-21-7-4-3-5-8-21/h12-15,18-19,21-23,30,34H,2-11,16-17,20H2,1H3,(H,36,39). The van der Waals surface area contributed by atoms with Gasteiger partial charge < -0.3 is 24.8 Å². The molecule has 2 saturated carbocycles. The molecule has 4 aliphatic rings. The molecule has 8 heteroatoms. The van der Waals surface area contributed by atoms with Crippen molar-refractivity contribution in [2.24, 2.45) is 11.8 Å². The first-order valence-corrected chi connectivity index (χ1v) is 15.7. The molecule has 216 valence electrons. The maximum Gasteiger partial charge on any atom is 0.310 e. The van der Waals surface area contributed by atoms with E-state index < -0.39 is 0 Å². The number of nitrogens with one attached hydrogen (secondary N) is 2. The minimum atomic E-state index is -0.306. The number of carbonyl (C=O) groups excluding carboxylic acids is 2. The van der Waals surface area contributed by atoms with Crippen LogP contribution in [0.1, 0.15) is 77.2 Å². The normalized spacial score (nSPS) is 23.0. The summed E-state index contributed by atoms with van der Waals surface area (Å²) in [5.41, 5.74) is 5.82. The van der Waals surface area contributed by atoms with Gasteiger partial charge in [-0.1, -0.05) is 32.1 Å². The summed E-state index contributed by atoms with van der Waals surface area (Å²) < 4.78 is 7.55. The molecule has 2 N–H and O–H groups in total. The Morgan fingerprint density at radius 1 is 1.05 bits per heavy atom. The smallest absolute Gasteiger partial charge is 0.310 e. The number of amides is 1. The minimum absolute atomic E-state index is 0.0511. The summed E-state index contributed by atoms with van der Waals surface area (Å²) in [6, 6.07) is 12.9. The highest BCUT2D eigenvalue weighted by atomic mass is 16.5. The number of ether oxygens (including phenoxy) is 1. The topological polar surface area (TPSA) is 88.5 Å². The van der Waals surface area contributed by atoms with Crippen molar-refractivity contribution >= 4 is 40.0 Å². The molecule has 3 fully saturated rings. The van der Waals surface area contributed by atoms with Gasteiger partial charge in [-0.3, -0.25) is 9.59 Å². The first-order valence-electron chi connectivity index (χ1n) is 15.7. The quantitative estimate of drug-likeness (QED) is 0.323. The first kappa shape index (κ1) is 26.4. The third-order valence-electron chi connectivity index (χ3n) is 9.44. The van der Waals surface area contributed by atoms with Crippen molar-refractivity contribution in [1.82, 2.24) is 9.55 Å². The van der Waals surface area contributed by atoms with Gasteiger partial charge in [-0.05, 0) is 81.3 Å². The zero-order chi connectivity index (χ0) is 27.9. The van der Waals surface area contributed by atoms with E-state index in [2.05, 4.69) is 50.4 Å². The molecular weight excluding hydrogens is 514 g/mol. The van der Waals surface area contributed by atoms with Crippen LogP contribution in [-0.4, -0.2) is 47.2 Å². The lowest BCUT2D eigenvalue weighted by molar-refractivity contribution is -0.148. The Labute approximate surface area is 241 Å². The Bertz CT molecular complexity index is 1450. The second kappa shape index (κ2) is 11.0. The predicted octanol–water partition coefficient (Wildman–Crippen LogP) is 6.52. The number of nitrogens with zero attached hydrogens (tertiary/aromatic N) is 3. The second-order valence-corrected chi connectivity index (χ2v) is 12.4. The van der Waals surface area contributed by atoms with Gasteiger partial charge in [-0.15, -0.1) is 0 Å². The third kappa shape index (κ3) is 5.29. The summed E-state index contributed by atoms with van der Waals surface area (Å²) in [5, 5.41) is 6.88. The van der Waals surface area contributed by atoms with Crippen LogP contribution in [0.25, 0.3) is 22.4 Å². The van der Waals surface area contributed by atoms with E-state index in [0.29, 0.717) is 25.1 Å². The fraction of sp³-hybridized carbons (Fsp3) is 0.545. The number of aromatic nitrogens is 2. The predicted molar refractivity (Wildman–Crippen MR) is 162 cm³/mol. The second-order valence-electron chi connectivity index (χ2n) is 12.4. The molecule has 8 nitrogen and oxygen atoms in total. The van der Waals surface area contributed by atoms with Gasteiger partial charge in [0.2, 0.25) is 5.91 Å². The fourth-order valence-electron chi connectivity index (χ4n) is 7.13. The molecule has 41 heavy (non-hydrogen) atoms. The van der Waals surface area contributed by atoms with Crippen LogP contribution in [0.5, 0.6) is 0 Å². The molecule has 2 aliphatic carbocycles. The van der Waals surface area contributed by atoms with Crippen molar-refractivity contribution in [2.75, 3.05) is 35.2 Å². The molecule has 2 aromatic carbocycles. The average molecular weight is 556 g/mol. The maximum absolute atomic E-state index is 13.9. The van der Waals surface area contributed by atoms with E-state index in [-0.39, 0.29) is 23.8 Å². The van der Waals surface area contributed by atoms with Crippen LogP contribution in [0.3, 0.4) is 0 Å². The van der Waals surface area contributed by atoms with Crippen molar-refractivity contribution < 1.29 is 14.3 Å². The molecule has 2 atom stereocenters. The van der Waals surface area contributed by atoms with Crippen molar-refractivity contribution in [2.45, 2.75) is 83.2 Å². The van der Waals surface area contributed by atoms with Crippen molar-refractivity contribution in [3.8, 4) is 11.4 Å². The van der Waals surface area contributed by atoms with E-state index in [1.165, 1.54) is 44.9 Å². The monoisotopic (exact) mass is 555 g/mol. The van der Waals surface area contributed by atoms with Gasteiger partial charge in [0, 0.05) is 36.1 Å². The first-order chi connectivity index (χ1) is 20.1. The largest absolute Gasteiger partial charge is 0.466 e. The number of piperidine rings is 1. The van der Waals surface area contributed by atoms with Gasteiger partial charge >= 0.3 is 5.97 Å². The van der Waals surface area contributed by atoms with E-state index in [1.54, 1.807) is 0 Å². The highest BCUT2D eigenvalue weighted by Crippen LogP contribution is 2.42. The summed E-state index contributed by atoms with van der Waals surface area (Å²) in [7, 11) is 0. The van der Waals surface area contributed by atoms with Crippen LogP contribution >= 0.6 is 0 Å². The van der Waals surface area contributed by atoms with Crippen LogP contribution in [0, 0.1) is 11.8 Å². The van der Waals surface area contributed by atoms with E-state index >= 15 is 0 Å².